The van der Waals surface area contributed by atoms with Gasteiger partial charge in [-0.25, -0.2) is 4.98 Å². The maximum absolute atomic E-state index is 12.8. The van der Waals surface area contributed by atoms with Gasteiger partial charge in [0, 0.05) is 41.8 Å². The molecule has 0 bridgehead atoms. The number of halogens is 2. The van der Waals surface area contributed by atoms with Crippen LogP contribution >= 0.6 is 24.0 Å². The molecule has 0 saturated carbocycles. The fourth-order valence-electron chi connectivity index (χ4n) is 3.72. The highest BCUT2D eigenvalue weighted by molar-refractivity contribution is 6.30. The molecule has 0 aliphatic carbocycles. The average molecular weight is 405 g/mol. The molecule has 7 heteroatoms. The van der Waals surface area contributed by atoms with Crippen LogP contribution in [-0.4, -0.2) is 38.4 Å². The zero-order valence-corrected chi connectivity index (χ0v) is 16.9. The van der Waals surface area contributed by atoms with Gasteiger partial charge in [-0.2, -0.15) is 0 Å². The Morgan fingerprint density at radius 3 is 2.67 bits per heavy atom. The Bertz CT molecular complexity index is 952. The minimum absolute atomic E-state index is 0. The summed E-state index contributed by atoms with van der Waals surface area (Å²) >= 11 is 5.92. The minimum Gasteiger partial charge on any atom is -0.338 e. The predicted molar refractivity (Wildman–Crippen MR) is 110 cm³/mol. The number of hydrogen-bond donors (Lipinski definition) is 0. The summed E-state index contributed by atoms with van der Waals surface area (Å²) in [5, 5.41) is 0.639. The van der Waals surface area contributed by atoms with Gasteiger partial charge in [0.15, 0.2) is 0 Å². The van der Waals surface area contributed by atoms with Crippen LogP contribution in [0.3, 0.4) is 0 Å². The molecule has 142 valence electrons. The molecule has 1 unspecified atom stereocenters. The number of rotatable bonds is 3. The lowest BCUT2D eigenvalue weighted by Gasteiger charge is -2.19. The van der Waals surface area contributed by atoms with Crippen LogP contribution in [0.15, 0.2) is 42.7 Å². The number of nitrogens with zero attached hydrogens (tertiary/aromatic N) is 4. The molecule has 3 aromatic rings. The molecule has 1 aliphatic heterocycles. The number of hydrogen-bond acceptors (Lipinski definition) is 3. The first kappa shape index (κ1) is 19.6. The van der Waals surface area contributed by atoms with Crippen molar-refractivity contribution < 1.29 is 4.79 Å². The van der Waals surface area contributed by atoms with Crippen molar-refractivity contribution in [3.63, 3.8) is 0 Å². The van der Waals surface area contributed by atoms with E-state index in [4.69, 9.17) is 16.6 Å². The van der Waals surface area contributed by atoms with E-state index in [2.05, 4.69) is 23.4 Å². The van der Waals surface area contributed by atoms with Crippen LogP contribution in [-0.2, 0) is 0 Å². The van der Waals surface area contributed by atoms with E-state index >= 15 is 0 Å². The number of carbonyl (C=O) groups is 1. The van der Waals surface area contributed by atoms with Crippen molar-refractivity contribution in [3.8, 4) is 0 Å². The van der Waals surface area contributed by atoms with Crippen molar-refractivity contribution in [1.82, 2.24) is 19.4 Å². The van der Waals surface area contributed by atoms with E-state index in [-0.39, 0.29) is 24.2 Å². The minimum atomic E-state index is 0. The van der Waals surface area contributed by atoms with Crippen LogP contribution < -0.4 is 0 Å². The van der Waals surface area contributed by atoms with Gasteiger partial charge in [0.05, 0.1) is 17.2 Å². The van der Waals surface area contributed by atoms with Gasteiger partial charge >= 0.3 is 0 Å². The Morgan fingerprint density at radius 1 is 1.22 bits per heavy atom. The summed E-state index contributed by atoms with van der Waals surface area (Å²) in [6.45, 7) is 5.74. The summed E-state index contributed by atoms with van der Waals surface area (Å²) in [7, 11) is 0. The molecule has 3 heterocycles. The highest BCUT2D eigenvalue weighted by Crippen LogP contribution is 2.32. The molecule has 1 amide bonds. The van der Waals surface area contributed by atoms with Crippen molar-refractivity contribution in [2.24, 2.45) is 0 Å². The van der Waals surface area contributed by atoms with Crippen LogP contribution in [0.1, 0.15) is 48.4 Å². The van der Waals surface area contributed by atoms with Gasteiger partial charge in [-0.3, -0.25) is 9.78 Å². The third-order valence-corrected chi connectivity index (χ3v) is 5.22. The van der Waals surface area contributed by atoms with Crippen molar-refractivity contribution in [2.75, 3.05) is 13.1 Å². The fraction of sp³-hybridized carbons (Fsp3) is 0.350. The number of fused-ring (bicyclic) bond motifs is 1. The second kappa shape index (κ2) is 7.87. The topological polar surface area (TPSA) is 51.0 Å². The van der Waals surface area contributed by atoms with E-state index in [0.29, 0.717) is 23.2 Å². The quantitative estimate of drug-likeness (QED) is 0.634. The maximum atomic E-state index is 12.8. The van der Waals surface area contributed by atoms with Crippen LogP contribution in [0.5, 0.6) is 0 Å². The lowest BCUT2D eigenvalue weighted by molar-refractivity contribution is 0.0790. The summed E-state index contributed by atoms with van der Waals surface area (Å²) in [4.78, 5) is 23.8. The van der Waals surface area contributed by atoms with Crippen molar-refractivity contribution in [2.45, 2.75) is 32.2 Å². The Hall–Kier alpha value is -2.11. The average Bonchev–Trinajstić information content (AvgIpc) is 3.26. The Morgan fingerprint density at radius 2 is 1.96 bits per heavy atom. The van der Waals surface area contributed by atoms with Gasteiger partial charge in [0.1, 0.15) is 5.82 Å². The molecular formula is C20H22Cl2N4O. The maximum Gasteiger partial charge on any atom is 0.253 e. The number of amides is 1. The molecule has 0 N–H and O–H groups in total. The Labute approximate surface area is 169 Å². The highest BCUT2D eigenvalue weighted by atomic mass is 35.5. The largest absolute Gasteiger partial charge is 0.338 e. The molecule has 1 fully saturated rings. The monoisotopic (exact) mass is 404 g/mol. The number of aromatic nitrogens is 3. The first-order valence-electron chi connectivity index (χ1n) is 8.91. The first-order valence-corrected chi connectivity index (χ1v) is 9.29. The number of benzene rings is 1. The molecule has 4 rings (SSSR count). The van der Waals surface area contributed by atoms with Crippen molar-refractivity contribution >= 4 is 40.9 Å². The second-order valence-corrected chi connectivity index (χ2v) is 7.48. The third kappa shape index (κ3) is 3.66. The van der Waals surface area contributed by atoms with E-state index in [1.165, 1.54) is 0 Å². The summed E-state index contributed by atoms with van der Waals surface area (Å²) < 4.78 is 2.25. The van der Waals surface area contributed by atoms with Gasteiger partial charge in [0.25, 0.3) is 5.91 Å². The SMILES string of the molecule is CC(C)n1c(C2CCN(C(=O)c3ccc(Cl)cc3)C2)nc2ccncc21.Cl. The molecule has 1 aliphatic rings. The molecule has 2 aromatic heterocycles. The number of imidazole rings is 1. The summed E-state index contributed by atoms with van der Waals surface area (Å²) in [6.07, 6.45) is 4.56. The molecule has 1 saturated heterocycles. The molecular weight excluding hydrogens is 383 g/mol. The van der Waals surface area contributed by atoms with E-state index in [1.807, 2.05) is 17.2 Å². The highest BCUT2D eigenvalue weighted by Gasteiger charge is 2.31. The molecule has 0 spiro atoms. The standard InChI is InChI=1S/C20H21ClN4O.ClH/c1-13(2)25-18-11-22-9-7-17(18)23-19(25)15-8-10-24(12-15)20(26)14-3-5-16(21)6-4-14;/h3-7,9,11,13,15H,8,10,12H2,1-2H3;1H. The molecule has 5 nitrogen and oxygen atoms in total. The van der Waals surface area contributed by atoms with Crippen LogP contribution in [0, 0.1) is 0 Å². The van der Waals surface area contributed by atoms with Gasteiger partial charge in [-0.1, -0.05) is 11.6 Å². The van der Waals surface area contributed by atoms with Gasteiger partial charge in [0.2, 0.25) is 0 Å². The zero-order chi connectivity index (χ0) is 18.3. The number of carbonyl (C=O) groups excluding carboxylic acids is 1. The molecule has 1 atom stereocenters. The predicted octanol–water partition coefficient (Wildman–Crippen LogP) is 4.72. The lowest BCUT2D eigenvalue weighted by atomic mass is 10.1. The van der Waals surface area contributed by atoms with Gasteiger partial charge in [-0.15, -0.1) is 12.4 Å². The molecule has 27 heavy (non-hydrogen) atoms. The summed E-state index contributed by atoms with van der Waals surface area (Å²) in [5.74, 6) is 1.34. The first-order chi connectivity index (χ1) is 12.5. The van der Waals surface area contributed by atoms with Gasteiger partial charge in [-0.05, 0) is 50.6 Å². The van der Waals surface area contributed by atoms with Crippen molar-refractivity contribution in [3.05, 3.63) is 59.1 Å². The molecule has 1 aromatic carbocycles. The van der Waals surface area contributed by atoms with Crippen LogP contribution in [0.4, 0.5) is 0 Å². The van der Waals surface area contributed by atoms with E-state index < -0.39 is 0 Å². The smallest absolute Gasteiger partial charge is 0.253 e. The lowest BCUT2D eigenvalue weighted by Crippen LogP contribution is -2.28. The summed E-state index contributed by atoms with van der Waals surface area (Å²) in [6, 6.07) is 9.32. The second-order valence-electron chi connectivity index (χ2n) is 7.04. The van der Waals surface area contributed by atoms with Crippen molar-refractivity contribution in [1.29, 1.82) is 0 Å². The summed E-state index contributed by atoms with van der Waals surface area (Å²) in [5.41, 5.74) is 2.70. The Balaban J connectivity index is 0.00000210. The van der Waals surface area contributed by atoms with Gasteiger partial charge < -0.3 is 9.47 Å². The Kier molecular flexibility index (Phi) is 5.72. The normalized spacial score (nSPS) is 16.7. The zero-order valence-electron chi connectivity index (χ0n) is 15.3. The number of likely N-dealkylation sites (tertiary alicyclic amines) is 1. The van der Waals surface area contributed by atoms with E-state index in [9.17, 15) is 4.79 Å². The molecule has 0 radical (unpaired) electrons. The van der Waals surface area contributed by atoms with E-state index in [0.717, 1.165) is 29.8 Å². The van der Waals surface area contributed by atoms with E-state index in [1.54, 1.807) is 30.5 Å². The van der Waals surface area contributed by atoms with Crippen LogP contribution in [0.2, 0.25) is 5.02 Å². The van der Waals surface area contributed by atoms with Crippen LogP contribution in [0.25, 0.3) is 11.0 Å². The fourth-order valence-corrected chi connectivity index (χ4v) is 3.85. The number of pyridine rings is 1. The third-order valence-electron chi connectivity index (χ3n) is 4.97.